The lowest BCUT2D eigenvalue weighted by atomic mass is 10.3. The molecule has 1 aromatic heterocycles. The standard InChI is InChI=1S/C11H8BrF3N4O/c12-8-9(16)17-5-18-10(8)19-6-2-1-3-7(4-6)20-11(13,14)15/h1-5H,(H3,16,17,18,19). The molecule has 0 aliphatic rings. The summed E-state index contributed by atoms with van der Waals surface area (Å²) in [5.74, 6) is 0.215. The smallest absolute Gasteiger partial charge is 0.406 e. The summed E-state index contributed by atoms with van der Waals surface area (Å²) < 4.78 is 40.6. The average Bonchev–Trinajstić information content (AvgIpc) is 2.33. The van der Waals surface area contributed by atoms with E-state index in [-0.39, 0.29) is 11.6 Å². The third-order valence-electron chi connectivity index (χ3n) is 2.15. The van der Waals surface area contributed by atoms with Gasteiger partial charge in [-0.25, -0.2) is 9.97 Å². The summed E-state index contributed by atoms with van der Waals surface area (Å²) in [6, 6.07) is 5.37. The second-order valence-corrected chi connectivity index (χ2v) is 4.42. The van der Waals surface area contributed by atoms with Gasteiger partial charge in [-0.2, -0.15) is 0 Å². The van der Waals surface area contributed by atoms with Gasteiger partial charge < -0.3 is 15.8 Å². The van der Waals surface area contributed by atoms with Gasteiger partial charge in [-0.15, -0.1) is 13.2 Å². The van der Waals surface area contributed by atoms with Gasteiger partial charge in [0.2, 0.25) is 0 Å². The lowest BCUT2D eigenvalue weighted by Crippen LogP contribution is -2.17. The Labute approximate surface area is 120 Å². The molecule has 5 nitrogen and oxygen atoms in total. The third-order valence-corrected chi connectivity index (χ3v) is 2.93. The molecule has 106 valence electrons. The van der Waals surface area contributed by atoms with Gasteiger partial charge in [0.25, 0.3) is 0 Å². The Hall–Kier alpha value is -2.03. The fraction of sp³-hybridized carbons (Fsp3) is 0.0909. The Bertz CT molecular complexity index is 621. The Morgan fingerprint density at radius 1 is 1.25 bits per heavy atom. The number of rotatable bonds is 3. The first-order valence-corrected chi connectivity index (χ1v) is 6.03. The Kier molecular flexibility index (Phi) is 3.98. The van der Waals surface area contributed by atoms with Crippen LogP contribution in [0.25, 0.3) is 0 Å². The highest BCUT2D eigenvalue weighted by molar-refractivity contribution is 9.10. The maximum atomic E-state index is 12.1. The molecule has 3 N–H and O–H groups in total. The second-order valence-electron chi connectivity index (χ2n) is 3.62. The number of nitrogen functional groups attached to an aromatic ring is 1. The Morgan fingerprint density at radius 3 is 2.70 bits per heavy atom. The van der Waals surface area contributed by atoms with E-state index in [2.05, 4.69) is 36.0 Å². The number of alkyl halides is 3. The normalized spacial score (nSPS) is 11.2. The lowest BCUT2D eigenvalue weighted by molar-refractivity contribution is -0.274. The number of halogens is 4. The molecular formula is C11H8BrF3N4O. The largest absolute Gasteiger partial charge is 0.573 e. The van der Waals surface area contributed by atoms with E-state index in [0.29, 0.717) is 16.0 Å². The maximum absolute atomic E-state index is 12.1. The number of nitrogens with zero attached hydrogens (tertiary/aromatic N) is 2. The molecule has 0 unspecified atom stereocenters. The van der Waals surface area contributed by atoms with E-state index < -0.39 is 6.36 Å². The Balaban J connectivity index is 2.22. The number of benzene rings is 1. The summed E-state index contributed by atoms with van der Waals surface area (Å²) in [5, 5.41) is 2.81. The zero-order valence-corrected chi connectivity index (χ0v) is 11.4. The Morgan fingerprint density at radius 2 is 2.00 bits per heavy atom. The van der Waals surface area contributed by atoms with Gasteiger partial charge in [-0.05, 0) is 28.1 Å². The minimum absolute atomic E-state index is 0.213. The van der Waals surface area contributed by atoms with E-state index in [1.54, 1.807) is 6.07 Å². The molecule has 0 amide bonds. The maximum Gasteiger partial charge on any atom is 0.573 e. The number of hydrogen-bond acceptors (Lipinski definition) is 5. The van der Waals surface area contributed by atoms with Crippen molar-refractivity contribution in [3.8, 4) is 5.75 Å². The van der Waals surface area contributed by atoms with Gasteiger partial charge in [-0.3, -0.25) is 0 Å². The number of anilines is 3. The predicted molar refractivity (Wildman–Crippen MR) is 70.6 cm³/mol. The molecule has 0 aliphatic carbocycles. The first kappa shape index (κ1) is 14.4. The van der Waals surface area contributed by atoms with Crippen LogP contribution in [-0.2, 0) is 0 Å². The van der Waals surface area contributed by atoms with E-state index in [4.69, 9.17) is 5.73 Å². The first-order valence-electron chi connectivity index (χ1n) is 5.24. The van der Waals surface area contributed by atoms with Crippen molar-refractivity contribution in [2.45, 2.75) is 6.36 Å². The topological polar surface area (TPSA) is 73.1 Å². The van der Waals surface area contributed by atoms with Crippen molar-refractivity contribution in [3.63, 3.8) is 0 Å². The van der Waals surface area contributed by atoms with Crippen LogP contribution in [0, 0.1) is 0 Å². The SMILES string of the molecule is Nc1ncnc(Nc2cccc(OC(F)(F)F)c2)c1Br. The molecule has 9 heteroatoms. The summed E-state index contributed by atoms with van der Waals surface area (Å²) in [7, 11) is 0. The van der Waals surface area contributed by atoms with Crippen LogP contribution < -0.4 is 15.8 Å². The van der Waals surface area contributed by atoms with Crippen LogP contribution in [0.15, 0.2) is 35.1 Å². The van der Waals surface area contributed by atoms with Crippen LogP contribution in [0.5, 0.6) is 5.75 Å². The molecule has 2 aromatic rings. The fourth-order valence-corrected chi connectivity index (χ4v) is 1.68. The fourth-order valence-electron chi connectivity index (χ4n) is 1.38. The molecule has 20 heavy (non-hydrogen) atoms. The lowest BCUT2D eigenvalue weighted by Gasteiger charge is -2.11. The molecular weight excluding hydrogens is 341 g/mol. The number of nitrogens with one attached hydrogen (secondary N) is 1. The van der Waals surface area contributed by atoms with Crippen LogP contribution in [0.3, 0.4) is 0 Å². The van der Waals surface area contributed by atoms with Crippen molar-refractivity contribution in [2.24, 2.45) is 0 Å². The molecule has 0 spiro atoms. The van der Waals surface area contributed by atoms with Crippen molar-refractivity contribution < 1.29 is 17.9 Å². The zero-order chi connectivity index (χ0) is 14.8. The van der Waals surface area contributed by atoms with E-state index in [0.717, 1.165) is 0 Å². The van der Waals surface area contributed by atoms with Gasteiger partial charge in [0.05, 0.1) is 0 Å². The van der Waals surface area contributed by atoms with Crippen LogP contribution in [0.1, 0.15) is 0 Å². The second kappa shape index (κ2) is 5.53. The van der Waals surface area contributed by atoms with E-state index >= 15 is 0 Å². The number of ether oxygens (including phenoxy) is 1. The van der Waals surface area contributed by atoms with Gasteiger partial charge in [0, 0.05) is 11.8 Å². The van der Waals surface area contributed by atoms with Crippen molar-refractivity contribution in [1.29, 1.82) is 0 Å². The van der Waals surface area contributed by atoms with E-state index in [1.165, 1.54) is 24.5 Å². The summed E-state index contributed by atoms with van der Waals surface area (Å²) >= 11 is 3.18. The minimum Gasteiger partial charge on any atom is -0.406 e. The highest BCUT2D eigenvalue weighted by atomic mass is 79.9. The monoisotopic (exact) mass is 348 g/mol. The summed E-state index contributed by atoms with van der Waals surface area (Å²) in [5.41, 5.74) is 5.94. The van der Waals surface area contributed by atoms with Crippen LogP contribution in [-0.4, -0.2) is 16.3 Å². The molecule has 0 saturated carbocycles. The summed E-state index contributed by atoms with van der Waals surface area (Å²) in [4.78, 5) is 7.68. The number of aromatic nitrogens is 2. The summed E-state index contributed by atoms with van der Waals surface area (Å²) in [6.07, 6.45) is -3.50. The minimum atomic E-state index is -4.74. The van der Waals surface area contributed by atoms with Crippen LogP contribution >= 0.6 is 15.9 Å². The first-order chi connectivity index (χ1) is 9.35. The highest BCUT2D eigenvalue weighted by Gasteiger charge is 2.31. The number of nitrogens with two attached hydrogens (primary N) is 1. The molecule has 0 aliphatic heterocycles. The average molecular weight is 349 g/mol. The molecule has 0 fully saturated rings. The highest BCUT2D eigenvalue weighted by Crippen LogP contribution is 2.29. The zero-order valence-electron chi connectivity index (χ0n) is 9.78. The molecule has 2 rings (SSSR count). The third kappa shape index (κ3) is 3.73. The quantitative estimate of drug-likeness (QED) is 0.888. The molecule has 1 aromatic carbocycles. The van der Waals surface area contributed by atoms with Gasteiger partial charge in [0.15, 0.2) is 0 Å². The van der Waals surface area contributed by atoms with Crippen molar-refractivity contribution >= 4 is 33.3 Å². The molecule has 0 saturated heterocycles. The van der Waals surface area contributed by atoms with Gasteiger partial charge >= 0.3 is 6.36 Å². The van der Waals surface area contributed by atoms with Gasteiger partial charge in [-0.1, -0.05) is 6.07 Å². The van der Waals surface area contributed by atoms with Gasteiger partial charge in [0.1, 0.15) is 28.2 Å². The van der Waals surface area contributed by atoms with E-state index in [9.17, 15) is 13.2 Å². The van der Waals surface area contributed by atoms with Crippen molar-refractivity contribution in [3.05, 3.63) is 35.1 Å². The molecule has 0 radical (unpaired) electrons. The molecule has 1 heterocycles. The van der Waals surface area contributed by atoms with Crippen LogP contribution in [0.2, 0.25) is 0 Å². The molecule has 0 atom stereocenters. The molecule has 0 bridgehead atoms. The van der Waals surface area contributed by atoms with E-state index in [1.807, 2.05) is 0 Å². The number of hydrogen-bond donors (Lipinski definition) is 2. The van der Waals surface area contributed by atoms with Crippen LogP contribution in [0.4, 0.5) is 30.5 Å². The predicted octanol–water partition coefficient (Wildman–Crippen LogP) is 3.46. The van der Waals surface area contributed by atoms with Crippen molar-refractivity contribution in [1.82, 2.24) is 9.97 Å². The summed E-state index contributed by atoms with van der Waals surface area (Å²) in [6.45, 7) is 0. The van der Waals surface area contributed by atoms with Crippen molar-refractivity contribution in [2.75, 3.05) is 11.1 Å².